The zero-order chi connectivity index (χ0) is 22.7. The van der Waals surface area contributed by atoms with Gasteiger partial charge in [0.15, 0.2) is 0 Å². The molecule has 7 nitrogen and oxygen atoms in total. The van der Waals surface area contributed by atoms with Crippen molar-refractivity contribution < 1.29 is 18.7 Å². The van der Waals surface area contributed by atoms with Gasteiger partial charge in [0.2, 0.25) is 5.91 Å². The minimum atomic E-state index is -0.451. The van der Waals surface area contributed by atoms with E-state index in [2.05, 4.69) is 6.08 Å². The van der Waals surface area contributed by atoms with E-state index in [0.29, 0.717) is 43.0 Å². The molecule has 1 aliphatic heterocycles. The third kappa shape index (κ3) is 4.60. The number of nitrogens with zero attached hydrogens (tertiary/aromatic N) is 2. The van der Waals surface area contributed by atoms with Gasteiger partial charge >= 0.3 is 0 Å². The van der Waals surface area contributed by atoms with E-state index in [9.17, 15) is 14.3 Å². The Bertz CT molecular complexity index is 1200. The summed E-state index contributed by atoms with van der Waals surface area (Å²) in [5.74, 6) is 5.66. The number of aromatic hydroxyl groups is 1. The van der Waals surface area contributed by atoms with E-state index >= 15 is 0 Å². The number of hydrogen-bond donors (Lipinski definition) is 3. The molecule has 1 aromatic heterocycles. The Morgan fingerprint density at radius 2 is 2.09 bits per heavy atom. The van der Waals surface area contributed by atoms with Crippen LogP contribution in [0.2, 0.25) is 0 Å². The van der Waals surface area contributed by atoms with Gasteiger partial charge in [0.25, 0.3) is 0 Å². The molecular formula is C24H25FN4O3. The van der Waals surface area contributed by atoms with Gasteiger partial charge in [0.05, 0.1) is 5.56 Å². The van der Waals surface area contributed by atoms with Gasteiger partial charge < -0.3 is 25.2 Å². The average molecular weight is 436 g/mol. The van der Waals surface area contributed by atoms with Crippen molar-refractivity contribution in [3.63, 3.8) is 0 Å². The number of phenols is 1. The first-order valence-corrected chi connectivity index (χ1v) is 10.3. The topological polar surface area (TPSA) is 109 Å². The van der Waals surface area contributed by atoms with Crippen molar-refractivity contribution in [1.29, 1.82) is 0 Å². The molecule has 0 saturated carbocycles. The SMILES string of the molecule is N/C=C\N(N)CCC(=O)N1CCC=C(c2ccc3oc(-c4cc(F)ccc4O)cc3c2)C1. The van der Waals surface area contributed by atoms with Crippen molar-refractivity contribution in [2.24, 2.45) is 11.6 Å². The number of amides is 1. The molecule has 4 rings (SSSR count). The fourth-order valence-electron chi connectivity index (χ4n) is 3.82. The zero-order valence-corrected chi connectivity index (χ0v) is 17.5. The number of benzene rings is 2. The maximum Gasteiger partial charge on any atom is 0.224 e. The summed E-state index contributed by atoms with van der Waals surface area (Å²) in [6.45, 7) is 1.56. The van der Waals surface area contributed by atoms with E-state index in [1.165, 1.54) is 35.6 Å². The lowest BCUT2D eigenvalue weighted by atomic mass is 9.99. The van der Waals surface area contributed by atoms with Crippen LogP contribution in [0, 0.1) is 5.82 Å². The zero-order valence-electron chi connectivity index (χ0n) is 17.5. The molecule has 166 valence electrons. The molecule has 0 saturated heterocycles. The van der Waals surface area contributed by atoms with Crippen molar-refractivity contribution in [1.82, 2.24) is 9.91 Å². The van der Waals surface area contributed by atoms with Crippen molar-refractivity contribution in [2.75, 3.05) is 19.6 Å². The molecule has 1 aliphatic rings. The second-order valence-electron chi connectivity index (χ2n) is 7.69. The number of carbonyl (C=O) groups is 1. The molecular weight excluding hydrogens is 411 g/mol. The lowest BCUT2D eigenvalue weighted by Crippen LogP contribution is -2.38. The lowest BCUT2D eigenvalue weighted by molar-refractivity contribution is -0.130. The van der Waals surface area contributed by atoms with Crippen LogP contribution in [0.3, 0.4) is 0 Å². The number of furan rings is 1. The fraction of sp³-hybridized carbons (Fsp3) is 0.208. The van der Waals surface area contributed by atoms with E-state index in [-0.39, 0.29) is 11.7 Å². The highest BCUT2D eigenvalue weighted by molar-refractivity contribution is 5.88. The van der Waals surface area contributed by atoms with Gasteiger partial charge in [0.1, 0.15) is 22.9 Å². The second kappa shape index (κ2) is 9.15. The first-order chi connectivity index (χ1) is 15.4. The minimum absolute atomic E-state index is 0.0322. The summed E-state index contributed by atoms with van der Waals surface area (Å²) < 4.78 is 19.4. The van der Waals surface area contributed by atoms with Crippen LogP contribution >= 0.6 is 0 Å². The standard InChI is InChI=1S/C24H25FN4O3/c25-19-4-5-21(30)20(14-19)23-13-18-12-16(3-6-22(18)32-23)17-2-1-9-28(15-17)24(31)7-10-29(27)11-8-26/h2-6,8,11-14,30H,1,7,9-10,15,26-27H2/b11-8-. The average Bonchev–Trinajstić information content (AvgIpc) is 3.22. The number of rotatable bonds is 6. The lowest BCUT2D eigenvalue weighted by Gasteiger charge is -2.28. The van der Waals surface area contributed by atoms with Gasteiger partial charge in [-0.05, 0) is 54.0 Å². The number of fused-ring (bicyclic) bond motifs is 1. The number of hydrazine groups is 1. The molecule has 0 bridgehead atoms. The molecule has 3 aromatic rings. The third-order valence-electron chi connectivity index (χ3n) is 5.48. The Hall–Kier alpha value is -3.78. The first kappa shape index (κ1) is 21.5. The summed E-state index contributed by atoms with van der Waals surface area (Å²) in [7, 11) is 0. The number of carbonyl (C=O) groups excluding carboxylic acids is 1. The summed E-state index contributed by atoms with van der Waals surface area (Å²) >= 11 is 0. The maximum absolute atomic E-state index is 13.6. The largest absolute Gasteiger partial charge is 0.507 e. The van der Waals surface area contributed by atoms with Crippen LogP contribution in [0.5, 0.6) is 5.75 Å². The molecule has 2 heterocycles. The predicted molar refractivity (Wildman–Crippen MR) is 121 cm³/mol. The Kier molecular flexibility index (Phi) is 6.13. The molecule has 2 aromatic carbocycles. The van der Waals surface area contributed by atoms with Gasteiger partial charge in [-0.1, -0.05) is 12.1 Å². The van der Waals surface area contributed by atoms with Crippen molar-refractivity contribution in [2.45, 2.75) is 12.8 Å². The maximum atomic E-state index is 13.6. The van der Waals surface area contributed by atoms with Gasteiger partial charge in [-0.3, -0.25) is 4.79 Å². The quantitative estimate of drug-likeness (QED) is 0.403. The van der Waals surface area contributed by atoms with Crippen LogP contribution in [0.15, 0.2) is 65.4 Å². The Balaban J connectivity index is 1.51. The van der Waals surface area contributed by atoms with Crippen LogP contribution in [-0.2, 0) is 4.79 Å². The molecule has 32 heavy (non-hydrogen) atoms. The van der Waals surface area contributed by atoms with Crippen molar-refractivity contribution in [3.05, 3.63) is 72.3 Å². The smallest absolute Gasteiger partial charge is 0.224 e. The van der Waals surface area contributed by atoms with E-state index < -0.39 is 5.82 Å². The molecule has 0 unspecified atom stereocenters. The highest BCUT2D eigenvalue weighted by Crippen LogP contribution is 2.35. The summed E-state index contributed by atoms with van der Waals surface area (Å²) in [4.78, 5) is 14.4. The van der Waals surface area contributed by atoms with Gasteiger partial charge in [-0.25, -0.2) is 10.2 Å². The molecule has 0 fully saturated rings. The number of hydrogen-bond acceptors (Lipinski definition) is 6. The van der Waals surface area contributed by atoms with Crippen molar-refractivity contribution in [3.8, 4) is 17.1 Å². The van der Waals surface area contributed by atoms with Crippen LogP contribution in [0.4, 0.5) is 4.39 Å². The number of phenolic OH excluding ortho intramolecular Hbond substituents is 1. The first-order valence-electron chi connectivity index (χ1n) is 10.3. The van der Waals surface area contributed by atoms with Crippen LogP contribution in [0.25, 0.3) is 27.9 Å². The Labute approximate surface area is 185 Å². The van der Waals surface area contributed by atoms with Gasteiger partial charge in [0, 0.05) is 43.8 Å². The predicted octanol–water partition coefficient (Wildman–Crippen LogP) is 3.56. The molecule has 5 N–H and O–H groups in total. The number of nitrogens with two attached hydrogens (primary N) is 2. The highest BCUT2D eigenvalue weighted by atomic mass is 19.1. The summed E-state index contributed by atoms with van der Waals surface area (Å²) in [5, 5.41) is 12.3. The molecule has 0 spiro atoms. The van der Waals surface area contributed by atoms with E-state index in [4.69, 9.17) is 16.0 Å². The van der Waals surface area contributed by atoms with Gasteiger partial charge in [-0.15, -0.1) is 0 Å². The Morgan fingerprint density at radius 3 is 2.91 bits per heavy atom. The molecule has 0 atom stereocenters. The molecule has 8 heteroatoms. The normalized spacial score (nSPS) is 14.2. The Morgan fingerprint density at radius 1 is 1.25 bits per heavy atom. The van der Waals surface area contributed by atoms with Crippen LogP contribution < -0.4 is 11.6 Å². The van der Waals surface area contributed by atoms with Crippen LogP contribution in [0.1, 0.15) is 18.4 Å². The summed E-state index contributed by atoms with van der Waals surface area (Å²) in [5.41, 5.74) is 8.28. The fourth-order valence-corrected chi connectivity index (χ4v) is 3.82. The second-order valence-corrected chi connectivity index (χ2v) is 7.69. The summed E-state index contributed by atoms with van der Waals surface area (Å²) in [6, 6.07) is 11.3. The molecule has 0 aliphatic carbocycles. The van der Waals surface area contributed by atoms with Gasteiger partial charge in [-0.2, -0.15) is 0 Å². The van der Waals surface area contributed by atoms with Crippen molar-refractivity contribution >= 4 is 22.4 Å². The molecule has 1 amide bonds. The van der Waals surface area contributed by atoms with E-state index in [1.54, 1.807) is 6.07 Å². The third-order valence-corrected chi connectivity index (χ3v) is 5.48. The minimum Gasteiger partial charge on any atom is -0.507 e. The summed E-state index contributed by atoms with van der Waals surface area (Å²) in [6.07, 6.45) is 6.06. The van der Waals surface area contributed by atoms with E-state index in [1.807, 2.05) is 23.1 Å². The molecule has 0 radical (unpaired) electrons. The van der Waals surface area contributed by atoms with Crippen LogP contribution in [-0.4, -0.2) is 40.6 Å². The van der Waals surface area contributed by atoms with E-state index in [0.717, 1.165) is 22.9 Å². The number of halogens is 1. The monoisotopic (exact) mass is 436 g/mol. The highest BCUT2D eigenvalue weighted by Gasteiger charge is 2.20.